The zero-order chi connectivity index (χ0) is 41.9. The molecule has 0 N–H and O–H groups in total. The minimum Gasteiger partial charge on any atom is -0.456 e. The predicted octanol–water partition coefficient (Wildman–Crippen LogP) is 15.7. The summed E-state index contributed by atoms with van der Waals surface area (Å²) in [7, 11) is 0. The number of para-hydroxylation sites is 1. The Labute approximate surface area is 366 Å². The van der Waals surface area contributed by atoms with Crippen LogP contribution in [-0.2, 0) is 5.41 Å². The number of nitrogens with zero attached hydrogens (tertiary/aromatic N) is 2. The minimum atomic E-state index is -0.304. The first kappa shape index (κ1) is 36.7. The summed E-state index contributed by atoms with van der Waals surface area (Å²) in [5.41, 5.74) is 19.5. The molecule has 0 radical (unpaired) electrons. The van der Waals surface area contributed by atoms with E-state index in [0.29, 0.717) is 5.82 Å². The van der Waals surface area contributed by atoms with Crippen LogP contribution in [0.5, 0.6) is 0 Å². The fraction of sp³-hybridized carbons (Fsp3) is 0.0333. The highest BCUT2D eigenvalue weighted by atomic mass is 16.3. The summed E-state index contributed by atoms with van der Waals surface area (Å²) in [6, 6.07) is 80.2. The third-order valence-electron chi connectivity index (χ3n) is 13.0. The van der Waals surface area contributed by atoms with Gasteiger partial charge in [0.2, 0.25) is 0 Å². The van der Waals surface area contributed by atoms with Gasteiger partial charge in [0.1, 0.15) is 11.2 Å². The topological polar surface area (TPSA) is 38.9 Å². The van der Waals surface area contributed by atoms with Crippen LogP contribution in [0.2, 0.25) is 0 Å². The normalized spacial score (nSPS) is 14.2. The molecule has 296 valence electrons. The molecule has 1 aliphatic carbocycles. The Morgan fingerprint density at radius 1 is 0.333 bits per heavy atom. The molecule has 1 aliphatic rings. The van der Waals surface area contributed by atoms with Crippen molar-refractivity contribution in [1.29, 1.82) is 0 Å². The van der Waals surface area contributed by atoms with Crippen molar-refractivity contribution in [2.45, 2.75) is 12.3 Å². The molecule has 0 bridgehead atoms. The van der Waals surface area contributed by atoms with Crippen LogP contribution in [0, 0.1) is 0 Å². The number of fused-ring (bicyclic) bond motifs is 6. The second-order valence-electron chi connectivity index (χ2n) is 16.7. The minimum absolute atomic E-state index is 0.304. The van der Waals surface area contributed by atoms with E-state index in [9.17, 15) is 0 Å². The molecule has 11 aromatic rings. The SMILES string of the molecule is CC1(c2ccccc2)c2ccccc2-c2ccc(-c3cc(-c4ccccc4)cc(-c4cc(-c5cccc(-c6ccc7oc8ccccc8c7c6)c5)nc(-c5ccccc5)n4)c3)cc21. The van der Waals surface area contributed by atoms with Gasteiger partial charge in [0.15, 0.2) is 5.82 Å². The second kappa shape index (κ2) is 14.8. The van der Waals surface area contributed by atoms with Crippen molar-refractivity contribution in [2.24, 2.45) is 0 Å². The van der Waals surface area contributed by atoms with Crippen LogP contribution >= 0.6 is 0 Å². The van der Waals surface area contributed by atoms with Gasteiger partial charge in [0.25, 0.3) is 0 Å². The summed E-state index contributed by atoms with van der Waals surface area (Å²) in [5, 5.41) is 2.22. The van der Waals surface area contributed by atoms with Crippen molar-refractivity contribution in [3.05, 3.63) is 241 Å². The van der Waals surface area contributed by atoms with Gasteiger partial charge in [-0.1, -0.05) is 170 Å². The lowest BCUT2D eigenvalue weighted by Crippen LogP contribution is -2.22. The molecular weight excluding hydrogens is 765 g/mol. The first-order valence-electron chi connectivity index (χ1n) is 21.5. The molecule has 0 amide bonds. The summed E-state index contributed by atoms with van der Waals surface area (Å²) >= 11 is 0. The van der Waals surface area contributed by atoms with E-state index in [1.54, 1.807) is 0 Å². The van der Waals surface area contributed by atoms with Crippen LogP contribution in [0.15, 0.2) is 229 Å². The summed E-state index contributed by atoms with van der Waals surface area (Å²) in [5.74, 6) is 0.681. The van der Waals surface area contributed by atoms with Crippen LogP contribution in [0.25, 0.3) is 100 Å². The third-order valence-corrected chi connectivity index (χ3v) is 13.0. The van der Waals surface area contributed by atoms with Crippen LogP contribution in [0.4, 0.5) is 0 Å². The van der Waals surface area contributed by atoms with Gasteiger partial charge in [0.05, 0.1) is 11.4 Å². The van der Waals surface area contributed by atoms with Gasteiger partial charge < -0.3 is 4.42 Å². The lowest BCUT2D eigenvalue weighted by molar-refractivity contribution is 0.669. The lowest BCUT2D eigenvalue weighted by Gasteiger charge is -2.28. The molecule has 0 saturated heterocycles. The Morgan fingerprint density at radius 2 is 0.873 bits per heavy atom. The maximum atomic E-state index is 6.16. The van der Waals surface area contributed by atoms with Crippen LogP contribution < -0.4 is 0 Å². The predicted molar refractivity (Wildman–Crippen MR) is 259 cm³/mol. The number of rotatable bonds is 7. The lowest BCUT2D eigenvalue weighted by atomic mass is 9.74. The van der Waals surface area contributed by atoms with Gasteiger partial charge in [-0.3, -0.25) is 0 Å². The van der Waals surface area contributed by atoms with E-state index in [1.807, 2.05) is 30.3 Å². The van der Waals surface area contributed by atoms with Crippen LogP contribution in [0.3, 0.4) is 0 Å². The standard InChI is InChI=1S/C60H40N2O/c1-60(48-22-9-4-10-23-48)53-26-13-11-24-49(53)50-30-28-43(37-54(50)60)46-33-45(39-16-5-2-6-17-39)34-47(35-46)56-38-55(61-59(62-56)40-18-7-3-8-19-40)44-21-15-20-41(32-44)42-29-31-58-52(36-42)51-25-12-14-27-57(51)63-58/h2-38H,1H3. The molecular formula is C60H40N2O. The summed E-state index contributed by atoms with van der Waals surface area (Å²) < 4.78 is 6.16. The molecule has 3 heteroatoms. The van der Waals surface area contributed by atoms with E-state index in [4.69, 9.17) is 14.4 Å². The Bertz CT molecular complexity index is 3520. The number of hydrogen-bond acceptors (Lipinski definition) is 3. The first-order valence-corrected chi connectivity index (χ1v) is 21.5. The average Bonchev–Trinajstić information content (AvgIpc) is 3.87. The van der Waals surface area contributed by atoms with E-state index in [-0.39, 0.29) is 5.41 Å². The number of benzene rings is 9. The largest absolute Gasteiger partial charge is 0.456 e. The summed E-state index contributed by atoms with van der Waals surface area (Å²) in [6.45, 7) is 2.38. The van der Waals surface area contributed by atoms with Crippen LogP contribution in [0.1, 0.15) is 23.6 Å². The van der Waals surface area contributed by atoms with Gasteiger partial charge in [0, 0.05) is 32.9 Å². The molecule has 0 spiro atoms. The molecule has 1 unspecified atom stereocenters. The highest BCUT2D eigenvalue weighted by Crippen LogP contribution is 2.53. The second-order valence-corrected chi connectivity index (χ2v) is 16.7. The van der Waals surface area contributed by atoms with Crippen molar-refractivity contribution in [3.63, 3.8) is 0 Å². The van der Waals surface area contributed by atoms with Gasteiger partial charge in [-0.2, -0.15) is 0 Å². The molecule has 0 fully saturated rings. The smallest absolute Gasteiger partial charge is 0.160 e. The third kappa shape index (κ3) is 6.28. The Kier molecular flexibility index (Phi) is 8.62. The maximum absolute atomic E-state index is 6.16. The van der Waals surface area contributed by atoms with Gasteiger partial charge in [-0.05, 0) is 123 Å². The molecule has 1 atom stereocenters. The van der Waals surface area contributed by atoms with Crippen molar-refractivity contribution in [2.75, 3.05) is 0 Å². The average molecular weight is 805 g/mol. The monoisotopic (exact) mass is 804 g/mol. The molecule has 2 aromatic heterocycles. The maximum Gasteiger partial charge on any atom is 0.160 e. The highest BCUT2D eigenvalue weighted by molar-refractivity contribution is 6.06. The van der Waals surface area contributed by atoms with Crippen molar-refractivity contribution in [1.82, 2.24) is 9.97 Å². The zero-order valence-corrected chi connectivity index (χ0v) is 34.7. The van der Waals surface area contributed by atoms with Crippen molar-refractivity contribution < 1.29 is 4.42 Å². The Hall–Kier alpha value is -8.14. The molecule has 63 heavy (non-hydrogen) atoms. The van der Waals surface area contributed by atoms with Gasteiger partial charge in [-0.15, -0.1) is 0 Å². The van der Waals surface area contributed by atoms with Gasteiger partial charge >= 0.3 is 0 Å². The number of furan rings is 1. The Balaban J connectivity index is 1.02. The number of aromatic nitrogens is 2. The molecule has 0 aliphatic heterocycles. The van der Waals surface area contributed by atoms with E-state index >= 15 is 0 Å². The molecule has 0 saturated carbocycles. The molecule has 3 nitrogen and oxygen atoms in total. The van der Waals surface area contributed by atoms with Crippen molar-refractivity contribution >= 4 is 21.9 Å². The van der Waals surface area contributed by atoms with E-state index in [0.717, 1.165) is 83.4 Å². The summed E-state index contributed by atoms with van der Waals surface area (Å²) in [6.07, 6.45) is 0. The first-order chi connectivity index (χ1) is 31.1. The quantitative estimate of drug-likeness (QED) is 0.161. The molecule has 2 heterocycles. The zero-order valence-electron chi connectivity index (χ0n) is 34.7. The fourth-order valence-corrected chi connectivity index (χ4v) is 9.72. The fourth-order valence-electron chi connectivity index (χ4n) is 9.72. The van der Waals surface area contributed by atoms with Crippen LogP contribution in [-0.4, -0.2) is 9.97 Å². The van der Waals surface area contributed by atoms with E-state index in [2.05, 4.69) is 201 Å². The molecule has 12 rings (SSSR count). The highest BCUT2D eigenvalue weighted by Gasteiger charge is 2.40. The summed E-state index contributed by atoms with van der Waals surface area (Å²) in [4.78, 5) is 10.6. The Morgan fingerprint density at radius 3 is 1.68 bits per heavy atom. The van der Waals surface area contributed by atoms with E-state index in [1.165, 1.54) is 27.8 Å². The van der Waals surface area contributed by atoms with E-state index < -0.39 is 0 Å². The number of hydrogen-bond donors (Lipinski definition) is 0. The van der Waals surface area contributed by atoms with Gasteiger partial charge in [-0.25, -0.2) is 9.97 Å². The van der Waals surface area contributed by atoms with Crippen molar-refractivity contribution in [3.8, 4) is 78.4 Å². The molecule has 9 aromatic carbocycles.